The molecule has 1 aliphatic rings. The van der Waals surface area contributed by atoms with Crippen molar-refractivity contribution in [3.8, 4) is 5.75 Å². The summed E-state index contributed by atoms with van der Waals surface area (Å²) in [4.78, 5) is 11.9. The van der Waals surface area contributed by atoms with Crippen LogP contribution < -0.4 is 5.32 Å². The molecule has 1 aromatic rings. The van der Waals surface area contributed by atoms with Gasteiger partial charge in [-0.1, -0.05) is 58.8 Å². The van der Waals surface area contributed by atoms with Crippen molar-refractivity contribution < 1.29 is 9.90 Å². The van der Waals surface area contributed by atoms with Crippen molar-refractivity contribution in [3.63, 3.8) is 0 Å². The minimum atomic E-state index is -0.327. The maximum absolute atomic E-state index is 11.5. The predicted molar refractivity (Wildman–Crippen MR) is 79.4 cm³/mol. The topological polar surface area (TPSA) is 49.3 Å². The first kappa shape index (κ1) is 14.0. The van der Waals surface area contributed by atoms with E-state index < -0.39 is 0 Å². The van der Waals surface area contributed by atoms with Crippen LogP contribution >= 0.6 is 58.8 Å². The zero-order valence-corrected chi connectivity index (χ0v) is 12.4. The normalized spacial score (nSPS) is 17.4. The van der Waals surface area contributed by atoms with Gasteiger partial charge in [-0.2, -0.15) is 0 Å². The number of thiocarbonyl (C=S) groups is 1. The van der Waals surface area contributed by atoms with Crippen molar-refractivity contribution in [2.24, 2.45) is 0 Å². The molecule has 18 heavy (non-hydrogen) atoms. The summed E-state index contributed by atoms with van der Waals surface area (Å²) in [6.07, 6.45) is 1.46. The largest absolute Gasteiger partial charge is 0.505 e. The Kier molecular flexibility index (Phi) is 4.08. The highest BCUT2D eigenvalue weighted by Gasteiger charge is 2.23. The lowest BCUT2D eigenvalue weighted by molar-refractivity contribution is -0.115. The number of nitrogens with one attached hydrogen (secondary N) is 1. The number of thioether (sulfide) groups is 1. The van der Waals surface area contributed by atoms with Crippen molar-refractivity contribution in [2.75, 3.05) is 0 Å². The van der Waals surface area contributed by atoms with E-state index in [0.717, 1.165) is 11.8 Å². The molecule has 1 aliphatic heterocycles. The van der Waals surface area contributed by atoms with Crippen LogP contribution in [0.4, 0.5) is 0 Å². The van der Waals surface area contributed by atoms with Crippen molar-refractivity contribution in [1.82, 2.24) is 5.32 Å². The van der Waals surface area contributed by atoms with Gasteiger partial charge in [-0.05, 0) is 12.1 Å². The Morgan fingerprint density at radius 1 is 1.33 bits per heavy atom. The van der Waals surface area contributed by atoms with Crippen molar-refractivity contribution in [1.29, 1.82) is 0 Å². The number of rotatable bonds is 1. The molecule has 2 N–H and O–H groups in total. The van der Waals surface area contributed by atoms with Gasteiger partial charge in [0.2, 0.25) is 0 Å². The number of aromatic hydroxyl groups is 1. The molecule has 0 spiro atoms. The average Bonchev–Trinajstić information content (AvgIpc) is 2.60. The molecule has 0 aliphatic carbocycles. The molecule has 1 amide bonds. The fourth-order valence-electron chi connectivity index (χ4n) is 1.28. The highest BCUT2D eigenvalue weighted by atomic mass is 35.5. The summed E-state index contributed by atoms with van der Waals surface area (Å²) in [6, 6.07) is 1.35. The second-order valence-electron chi connectivity index (χ2n) is 3.27. The van der Waals surface area contributed by atoms with Gasteiger partial charge in [0.25, 0.3) is 5.91 Å². The Hall–Kier alpha value is -0.460. The van der Waals surface area contributed by atoms with Crippen molar-refractivity contribution in [3.05, 3.63) is 31.6 Å². The van der Waals surface area contributed by atoms with Crippen LogP contribution in [-0.2, 0) is 4.79 Å². The van der Waals surface area contributed by atoms with Crippen LogP contribution in [0.1, 0.15) is 5.56 Å². The number of phenolic OH excluding ortho intramolecular Hbond substituents is 1. The van der Waals surface area contributed by atoms with Crippen LogP contribution in [0.15, 0.2) is 11.0 Å². The predicted octanol–water partition coefficient (Wildman–Crippen LogP) is 3.84. The van der Waals surface area contributed by atoms with Gasteiger partial charge in [-0.3, -0.25) is 4.79 Å². The molecular weight excluding hydrogens is 337 g/mol. The maximum atomic E-state index is 11.5. The van der Waals surface area contributed by atoms with Gasteiger partial charge in [0, 0.05) is 5.56 Å². The quantitative estimate of drug-likeness (QED) is 0.602. The smallest absolute Gasteiger partial charge is 0.263 e. The average molecular weight is 341 g/mol. The summed E-state index contributed by atoms with van der Waals surface area (Å²) in [5, 5.41) is 12.4. The third-order valence-electron chi connectivity index (χ3n) is 2.10. The number of phenols is 1. The zero-order chi connectivity index (χ0) is 13.4. The number of carbonyl (C=O) groups excluding carboxylic acids is 1. The van der Waals surface area contributed by atoms with Crippen LogP contribution in [0.25, 0.3) is 6.08 Å². The number of carbonyl (C=O) groups is 1. The van der Waals surface area contributed by atoms with Gasteiger partial charge in [-0.25, -0.2) is 0 Å². The molecular formula is C10H4Cl3NO2S2. The van der Waals surface area contributed by atoms with Gasteiger partial charge in [-0.15, -0.1) is 0 Å². The number of hydrogen-bond acceptors (Lipinski definition) is 4. The molecule has 1 fully saturated rings. The zero-order valence-electron chi connectivity index (χ0n) is 8.46. The van der Waals surface area contributed by atoms with Crippen LogP contribution in [0.3, 0.4) is 0 Å². The van der Waals surface area contributed by atoms with Crippen LogP contribution in [-0.4, -0.2) is 15.3 Å². The van der Waals surface area contributed by atoms with E-state index in [9.17, 15) is 9.90 Å². The Morgan fingerprint density at radius 3 is 2.56 bits per heavy atom. The number of halogens is 3. The van der Waals surface area contributed by atoms with E-state index in [1.165, 1.54) is 12.1 Å². The molecule has 3 nitrogen and oxygen atoms in total. The molecule has 0 aromatic heterocycles. The second kappa shape index (κ2) is 5.27. The first-order valence-corrected chi connectivity index (χ1v) is 6.87. The van der Waals surface area contributed by atoms with E-state index >= 15 is 0 Å². The van der Waals surface area contributed by atoms with Crippen LogP contribution in [0, 0.1) is 0 Å². The summed E-state index contributed by atoms with van der Waals surface area (Å²) >= 11 is 23.6. The van der Waals surface area contributed by atoms with E-state index in [2.05, 4.69) is 5.32 Å². The van der Waals surface area contributed by atoms with E-state index in [-0.39, 0.29) is 26.7 Å². The molecule has 1 heterocycles. The highest BCUT2D eigenvalue weighted by Crippen LogP contribution is 2.41. The molecule has 0 radical (unpaired) electrons. The van der Waals surface area contributed by atoms with E-state index in [1.54, 1.807) is 0 Å². The molecule has 8 heteroatoms. The fraction of sp³-hybridized carbons (Fsp3) is 0. The molecule has 0 atom stereocenters. The number of hydrogen-bond donors (Lipinski definition) is 2. The summed E-state index contributed by atoms with van der Waals surface area (Å²) in [6.45, 7) is 0. The lowest BCUT2D eigenvalue weighted by Crippen LogP contribution is -2.17. The Morgan fingerprint density at radius 2 is 2.00 bits per heavy atom. The maximum Gasteiger partial charge on any atom is 0.263 e. The lowest BCUT2D eigenvalue weighted by atomic mass is 10.2. The highest BCUT2D eigenvalue weighted by molar-refractivity contribution is 8.26. The lowest BCUT2D eigenvalue weighted by Gasteiger charge is -2.06. The summed E-state index contributed by atoms with van der Waals surface area (Å²) in [7, 11) is 0. The van der Waals surface area contributed by atoms with Gasteiger partial charge in [0.1, 0.15) is 4.32 Å². The van der Waals surface area contributed by atoms with Crippen molar-refractivity contribution in [2.45, 2.75) is 0 Å². The van der Waals surface area contributed by atoms with Crippen LogP contribution in [0.2, 0.25) is 15.1 Å². The third-order valence-corrected chi connectivity index (χ3v) is 4.24. The van der Waals surface area contributed by atoms with E-state index in [4.69, 9.17) is 47.0 Å². The van der Waals surface area contributed by atoms with Gasteiger partial charge >= 0.3 is 0 Å². The molecule has 0 unspecified atom stereocenters. The first-order valence-electron chi connectivity index (χ1n) is 4.51. The SMILES string of the molecule is O=C1NC(=S)S/C1=C\c1c(Cl)cc(Cl)c(O)c1Cl. The fourth-order valence-corrected chi connectivity index (χ4v) is 3.18. The summed E-state index contributed by atoms with van der Waals surface area (Å²) < 4.78 is 0.358. The molecule has 1 saturated heterocycles. The first-order chi connectivity index (χ1) is 8.40. The molecule has 0 saturated carbocycles. The van der Waals surface area contributed by atoms with Crippen molar-refractivity contribution >= 4 is 75.1 Å². The minimum Gasteiger partial charge on any atom is -0.505 e. The Bertz CT molecular complexity index is 601. The molecule has 0 bridgehead atoms. The van der Waals surface area contributed by atoms with E-state index in [0.29, 0.717) is 14.8 Å². The standard InChI is InChI=1S/C10H4Cl3NO2S2/c11-4-2-5(12)8(15)7(13)3(4)1-6-9(16)14-10(17)18-6/h1-2,15H,(H,14,16,17)/b6-1-. The van der Waals surface area contributed by atoms with Gasteiger partial charge < -0.3 is 10.4 Å². The third kappa shape index (κ3) is 2.60. The Labute approximate surface area is 127 Å². The van der Waals surface area contributed by atoms with Crippen LogP contribution in [0.5, 0.6) is 5.75 Å². The van der Waals surface area contributed by atoms with Gasteiger partial charge in [0.05, 0.1) is 20.0 Å². The molecule has 94 valence electrons. The number of amides is 1. The monoisotopic (exact) mass is 339 g/mol. The summed E-state index contributed by atoms with van der Waals surface area (Å²) in [5.74, 6) is -0.605. The molecule has 1 aromatic carbocycles. The second-order valence-corrected chi connectivity index (χ2v) is 6.18. The molecule has 2 rings (SSSR count). The number of benzene rings is 1. The van der Waals surface area contributed by atoms with E-state index in [1.807, 2.05) is 0 Å². The minimum absolute atomic E-state index is 0.00813. The Balaban J connectivity index is 2.53. The van der Waals surface area contributed by atoms with Gasteiger partial charge in [0.15, 0.2) is 5.75 Å². The summed E-state index contributed by atoms with van der Waals surface area (Å²) in [5.41, 5.74) is 0.322.